The first-order valence-corrected chi connectivity index (χ1v) is 9.49. The number of amides is 1. The normalized spacial score (nSPS) is 12.4. The zero-order valence-electron chi connectivity index (χ0n) is 14.3. The topological polar surface area (TPSA) is 97.4 Å². The Kier molecular flexibility index (Phi) is 6.11. The standard InChI is InChI=1S/C17H21N3O4S/c1-12-8-9-18-11-16(12)20-17(21)15(10-19-25(3,22)23)13-4-6-14(24-2)7-5-13/h4-9,11,15,19H,10H2,1-3H3,(H,20,21)/t15-/m1/s1. The van der Waals surface area contributed by atoms with Crippen molar-refractivity contribution in [1.29, 1.82) is 0 Å². The molecule has 0 saturated heterocycles. The molecule has 1 amide bonds. The lowest BCUT2D eigenvalue weighted by Crippen LogP contribution is -2.33. The molecule has 0 unspecified atom stereocenters. The molecule has 1 heterocycles. The van der Waals surface area contributed by atoms with Gasteiger partial charge in [0.05, 0.1) is 31.2 Å². The van der Waals surface area contributed by atoms with Gasteiger partial charge in [0.25, 0.3) is 0 Å². The highest BCUT2D eigenvalue weighted by Gasteiger charge is 2.22. The van der Waals surface area contributed by atoms with Crippen LogP contribution in [0.1, 0.15) is 17.0 Å². The molecule has 0 bridgehead atoms. The second-order valence-corrected chi connectivity index (χ2v) is 7.46. The van der Waals surface area contributed by atoms with Gasteiger partial charge in [-0.25, -0.2) is 13.1 Å². The van der Waals surface area contributed by atoms with E-state index in [-0.39, 0.29) is 12.5 Å². The van der Waals surface area contributed by atoms with Gasteiger partial charge in [0.2, 0.25) is 15.9 Å². The van der Waals surface area contributed by atoms with E-state index in [0.717, 1.165) is 11.8 Å². The number of hydrogen-bond acceptors (Lipinski definition) is 5. The molecule has 0 radical (unpaired) electrons. The van der Waals surface area contributed by atoms with Crippen LogP contribution in [0.15, 0.2) is 42.7 Å². The lowest BCUT2D eigenvalue weighted by Gasteiger charge is -2.18. The Morgan fingerprint density at radius 2 is 1.92 bits per heavy atom. The number of anilines is 1. The van der Waals surface area contributed by atoms with Crippen molar-refractivity contribution < 1.29 is 17.9 Å². The number of pyridine rings is 1. The highest BCUT2D eigenvalue weighted by atomic mass is 32.2. The van der Waals surface area contributed by atoms with Crippen molar-refractivity contribution in [1.82, 2.24) is 9.71 Å². The maximum Gasteiger partial charge on any atom is 0.233 e. The van der Waals surface area contributed by atoms with E-state index in [1.54, 1.807) is 49.8 Å². The molecule has 0 aliphatic carbocycles. The average molecular weight is 363 g/mol. The van der Waals surface area contributed by atoms with Crippen LogP contribution in [0.3, 0.4) is 0 Å². The van der Waals surface area contributed by atoms with Gasteiger partial charge in [0.1, 0.15) is 5.75 Å². The lowest BCUT2D eigenvalue weighted by molar-refractivity contribution is -0.117. The van der Waals surface area contributed by atoms with Crippen LogP contribution in [0.2, 0.25) is 0 Å². The van der Waals surface area contributed by atoms with Gasteiger partial charge in [-0.2, -0.15) is 0 Å². The number of hydrogen-bond donors (Lipinski definition) is 2. The number of nitrogens with zero attached hydrogens (tertiary/aromatic N) is 1. The van der Waals surface area contributed by atoms with Gasteiger partial charge in [-0.15, -0.1) is 0 Å². The lowest BCUT2D eigenvalue weighted by atomic mass is 9.98. The monoisotopic (exact) mass is 363 g/mol. The number of methoxy groups -OCH3 is 1. The van der Waals surface area contributed by atoms with E-state index in [1.165, 1.54) is 0 Å². The summed E-state index contributed by atoms with van der Waals surface area (Å²) in [5.74, 6) is -0.361. The summed E-state index contributed by atoms with van der Waals surface area (Å²) in [6.07, 6.45) is 4.25. The van der Waals surface area contributed by atoms with Gasteiger partial charge in [-0.1, -0.05) is 12.1 Å². The Bertz CT molecular complexity index is 835. The second kappa shape index (κ2) is 8.09. The second-order valence-electron chi connectivity index (χ2n) is 5.63. The fourth-order valence-electron chi connectivity index (χ4n) is 2.25. The molecule has 134 valence electrons. The molecule has 1 aromatic heterocycles. The fourth-order valence-corrected chi connectivity index (χ4v) is 2.72. The predicted molar refractivity (Wildman–Crippen MR) is 96.2 cm³/mol. The molecule has 7 nitrogen and oxygen atoms in total. The zero-order valence-corrected chi connectivity index (χ0v) is 15.1. The number of aryl methyl sites for hydroxylation is 1. The predicted octanol–water partition coefficient (Wildman–Crippen LogP) is 1.67. The summed E-state index contributed by atoms with van der Waals surface area (Å²) in [4.78, 5) is 16.7. The minimum absolute atomic E-state index is 0.0453. The van der Waals surface area contributed by atoms with E-state index < -0.39 is 15.9 Å². The quantitative estimate of drug-likeness (QED) is 0.780. The first-order chi connectivity index (χ1) is 11.8. The number of benzene rings is 1. The Morgan fingerprint density at radius 3 is 2.48 bits per heavy atom. The molecule has 1 atom stereocenters. The summed E-state index contributed by atoms with van der Waals surface area (Å²) in [5.41, 5.74) is 2.13. The third-order valence-corrected chi connectivity index (χ3v) is 4.37. The maximum atomic E-state index is 12.7. The van der Waals surface area contributed by atoms with E-state index >= 15 is 0 Å². The Balaban J connectivity index is 2.26. The molecular weight excluding hydrogens is 342 g/mol. The van der Waals surface area contributed by atoms with Gasteiger partial charge in [0, 0.05) is 12.7 Å². The van der Waals surface area contributed by atoms with Crippen LogP contribution in [0.5, 0.6) is 5.75 Å². The van der Waals surface area contributed by atoms with E-state index in [0.29, 0.717) is 17.0 Å². The van der Waals surface area contributed by atoms with Crippen molar-refractivity contribution in [2.24, 2.45) is 0 Å². The van der Waals surface area contributed by atoms with Crippen LogP contribution >= 0.6 is 0 Å². The van der Waals surface area contributed by atoms with E-state index in [1.807, 2.05) is 6.92 Å². The number of rotatable bonds is 7. The molecule has 8 heteroatoms. The average Bonchev–Trinajstić information content (AvgIpc) is 2.56. The molecule has 0 saturated carbocycles. The van der Waals surface area contributed by atoms with Gasteiger partial charge >= 0.3 is 0 Å². The third-order valence-electron chi connectivity index (χ3n) is 3.68. The summed E-state index contributed by atoms with van der Waals surface area (Å²) < 4.78 is 30.4. The van der Waals surface area contributed by atoms with E-state index in [2.05, 4.69) is 15.0 Å². The van der Waals surface area contributed by atoms with Crippen molar-refractivity contribution in [3.8, 4) is 5.75 Å². The fraction of sp³-hybridized carbons (Fsp3) is 0.294. The summed E-state index contributed by atoms with van der Waals surface area (Å²) in [7, 11) is -1.87. The SMILES string of the molecule is COc1ccc([C@@H](CNS(C)(=O)=O)C(=O)Nc2cnccc2C)cc1. The molecule has 0 spiro atoms. The van der Waals surface area contributed by atoms with Crippen molar-refractivity contribution in [2.75, 3.05) is 25.2 Å². The van der Waals surface area contributed by atoms with Gasteiger partial charge < -0.3 is 10.1 Å². The molecule has 25 heavy (non-hydrogen) atoms. The first-order valence-electron chi connectivity index (χ1n) is 7.60. The number of aromatic nitrogens is 1. The summed E-state index contributed by atoms with van der Waals surface area (Å²) in [6, 6.07) is 8.72. The molecule has 1 aromatic carbocycles. The van der Waals surface area contributed by atoms with Gasteiger partial charge in [0.15, 0.2) is 0 Å². The molecule has 0 aliphatic heterocycles. The van der Waals surface area contributed by atoms with Crippen LogP contribution in [0.25, 0.3) is 0 Å². The van der Waals surface area contributed by atoms with Crippen LogP contribution < -0.4 is 14.8 Å². The maximum absolute atomic E-state index is 12.7. The zero-order chi connectivity index (χ0) is 18.4. The Hall–Kier alpha value is -2.45. The molecule has 2 rings (SSSR count). The van der Waals surface area contributed by atoms with Crippen molar-refractivity contribution in [3.05, 3.63) is 53.9 Å². The highest BCUT2D eigenvalue weighted by molar-refractivity contribution is 7.88. The van der Waals surface area contributed by atoms with Crippen molar-refractivity contribution in [3.63, 3.8) is 0 Å². The molecule has 0 fully saturated rings. The van der Waals surface area contributed by atoms with Crippen molar-refractivity contribution in [2.45, 2.75) is 12.8 Å². The Morgan fingerprint density at radius 1 is 1.24 bits per heavy atom. The highest BCUT2D eigenvalue weighted by Crippen LogP contribution is 2.22. The molecule has 2 N–H and O–H groups in total. The van der Waals surface area contributed by atoms with E-state index in [9.17, 15) is 13.2 Å². The number of carbonyl (C=O) groups excluding carboxylic acids is 1. The Labute approximate surface area is 147 Å². The van der Waals surface area contributed by atoms with Crippen LogP contribution in [0.4, 0.5) is 5.69 Å². The molecule has 2 aromatic rings. The number of carbonyl (C=O) groups is 1. The minimum atomic E-state index is -3.42. The summed E-state index contributed by atoms with van der Waals surface area (Å²) >= 11 is 0. The van der Waals surface area contributed by atoms with E-state index in [4.69, 9.17) is 4.74 Å². The number of sulfonamides is 1. The first kappa shape index (κ1) is 18.9. The summed E-state index contributed by atoms with van der Waals surface area (Å²) in [6.45, 7) is 1.81. The smallest absolute Gasteiger partial charge is 0.233 e. The molecular formula is C17H21N3O4S. The number of nitrogens with one attached hydrogen (secondary N) is 2. The van der Waals surface area contributed by atoms with Gasteiger partial charge in [-0.3, -0.25) is 9.78 Å². The minimum Gasteiger partial charge on any atom is -0.497 e. The summed E-state index contributed by atoms with van der Waals surface area (Å²) in [5, 5.41) is 2.81. The number of ether oxygens (including phenoxy) is 1. The van der Waals surface area contributed by atoms with Gasteiger partial charge in [-0.05, 0) is 36.2 Å². The van der Waals surface area contributed by atoms with Crippen LogP contribution in [-0.4, -0.2) is 39.2 Å². The third kappa shape index (κ3) is 5.54. The van der Waals surface area contributed by atoms with Crippen molar-refractivity contribution >= 4 is 21.6 Å². The van der Waals surface area contributed by atoms with Crippen LogP contribution in [-0.2, 0) is 14.8 Å². The molecule has 0 aliphatic rings. The largest absolute Gasteiger partial charge is 0.497 e. The van der Waals surface area contributed by atoms with Crippen LogP contribution in [0, 0.1) is 6.92 Å².